The van der Waals surface area contributed by atoms with Crippen molar-refractivity contribution in [2.75, 3.05) is 19.6 Å². The number of hydrogen-bond donors (Lipinski definition) is 0. The molecule has 0 bridgehead atoms. The summed E-state index contributed by atoms with van der Waals surface area (Å²) >= 11 is 0. The van der Waals surface area contributed by atoms with Crippen molar-refractivity contribution in [3.05, 3.63) is 297 Å². The summed E-state index contributed by atoms with van der Waals surface area (Å²) in [6, 6.07) is 106. The van der Waals surface area contributed by atoms with Crippen LogP contribution in [0.5, 0.6) is 46.0 Å². The molecule has 6 aliphatic heterocycles. The Morgan fingerprint density at radius 1 is 0.225 bits per heavy atom. The molecule has 6 heterocycles. The molecule has 13 aromatic carbocycles. The van der Waals surface area contributed by atoms with E-state index in [0.717, 1.165) is 152 Å². The molecule has 414 valence electrons. The van der Waals surface area contributed by atoms with Gasteiger partial charge in [0.15, 0.2) is 0 Å². The summed E-state index contributed by atoms with van der Waals surface area (Å²) < 4.78 is 29.4. The minimum atomic E-state index is -0.302. The number of nitrogens with zero attached hydrogens (tertiary/aromatic N) is 4. The lowest BCUT2D eigenvalue weighted by molar-refractivity contribution is 0.457. The van der Waals surface area contributed by atoms with Crippen LogP contribution in [0, 0.1) is 0 Å². The van der Waals surface area contributed by atoms with Gasteiger partial charge < -0.3 is 38.5 Å². The second-order valence-electron chi connectivity index (χ2n) is 23.4. The molecule has 0 saturated heterocycles. The Kier molecular flexibility index (Phi) is 10.9. The summed E-state index contributed by atoms with van der Waals surface area (Å²) in [5.74, 6) is 6.26. The number of anilines is 12. The summed E-state index contributed by atoms with van der Waals surface area (Å²) in [5, 5.41) is 0. The lowest BCUT2D eigenvalue weighted by atomic mass is 9.29. The Hall–Kier alpha value is -11.5. The monoisotopic (exact) mass is 1140 g/mol. The highest BCUT2D eigenvalue weighted by Crippen LogP contribution is 2.51. The van der Waals surface area contributed by atoms with Gasteiger partial charge in [-0.2, -0.15) is 0 Å². The van der Waals surface area contributed by atoms with E-state index in [1.54, 1.807) is 0 Å². The van der Waals surface area contributed by atoms with Crippen LogP contribution in [0.1, 0.15) is 0 Å². The quantitative estimate of drug-likeness (QED) is 0.140. The Morgan fingerprint density at radius 3 is 1.04 bits per heavy atom. The molecule has 6 aliphatic rings. The molecule has 11 heteroatoms. The highest BCUT2D eigenvalue weighted by atomic mass is 16.5. The number of ether oxygens (including phenoxy) is 4. The first-order valence-corrected chi connectivity index (χ1v) is 30.4. The van der Waals surface area contributed by atoms with E-state index >= 15 is 0 Å². The summed E-state index contributed by atoms with van der Waals surface area (Å²) in [6.07, 6.45) is 0. The van der Waals surface area contributed by atoms with Gasteiger partial charge in [0.2, 0.25) is 0 Å². The van der Waals surface area contributed by atoms with Gasteiger partial charge in [0.25, 0.3) is 20.1 Å². The zero-order valence-corrected chi connectivity index (χ0v) is 47.9. The molecule has 0 aromatic heterocycles. The first-order chi connectivity index (χ1) is 44.2. The SMILES string of the molecule is c1ccc(N(c2ccccc2)c2cc3c4c(c2)Oc2cc5c6c(c2B4c2ccccc2O3)Oc2ccccc2B6c2cc3c(cc2N5c2ccccc2)N(c2ccccc2)c2cc(N(c4ccccc4)c4ccccc4)cc4c2B3c2ccccc2O4)cc1. The van der Waals surface area contributed by atoms with Crippen molar-refractivity contribution in [2.24, 2.45) is 0 Å². The number of rotatable bonds is 8. The van der Waals surface area contributed by atoms with E-state index in [9.17, 15) is 0 Å². The van der Waals surface area contributed by atoms with Gasteiger partial charge in [-0.3, -0.25) is 0 Å². The van der Waals surface area contributed by atoms with Crippen LogP contribution in [0.2, 0.25) is 0 Å². The van der Waals surface area contributed by atoms with Crippen LogP contribution in [-0.2, 0) is 0 Å². The van der Waals surface area contributed by atoms with E-state index in [4.69, 9.17) is 18.9 Å². The molecule has 0 aliphatic carbocycles. The second-order valence-corrected chi connectivity index (χ2v) is 23.4. The molecule has 0 amide bonds. The number of hydrogen-bond acceptors (Lipinski definition) is 8. The third-order valence-corrected chi connectivity index (χ3v) is 18.6. The summed E-state index contributed by atoms with van der Waals surface area (Å²) in [5.41, 5.74) is 22.0. The van der Waals surface area contributed by atoms with E-state index in [1.807, 2.05) is 0 Å². The highest BCUT2D eigenvalue weighted by Gasteiger charge is 2.51. The van der Waals surface area contributed by atoms with Crippen molar-refractivity contribution < 1.29 is 18.9 Å². The predicted octanol–water partition coefficient (Wildman–Crippen LogP) is 14.2. The van der Waals surface area contributed by atoms with Crippen molar-refractivity contribution in [2.45, 2.75) is 0 Å². The normalized spacial score (nSPS) is 13.4. The number of fused-ring (bicyclic) bond motifs is 13. The summed E-state index contributed by atoms with van der Waals surface area (Å²) in [4.78, 5) is 9.53. The summed E-state index contributed by atoms with van der Waals surface area (Å²) in [6.45, 7) is -0.755. The van der Waals surface area contributed by atoms with Crippen LogP contribution in [0.15, 0.2) is 297 Å². The molecule has 8 nitrogen and oxygen atoms in total. The molecule has 0 N–H and O–H groups in total. The third kappa shape index (κ3) is 7.52. The zero-order valence-electron chi connectivity index (χ0n) is 47.9. The van der Waals surface area contributed by atoms with Gasteiger partial charge in [0.05, 0.1) is 11.4 Å². The average molecular weight is 1140 g/mol. The van der Waals surface area contributed by atoms with E-state index in [2.05, 4.69) is 317 Å². The predicted molar refractivity (Wildman–Crippen MR) is 365 cm³/mol. The Morgan fingerprint density at radius 2 is 0.573 bits per heavy atom. The maximum Gasteiger partial charge on any atom is 0.265 e. The minimum absolute atomic E-state index is 0.197. The van der Waals surface area contributed by atoms with Gasteiger partial charge in [-0.15, -0.1) is 0 Å². The van der Waals surface area contributed by atoms with Crippen molar-refractivity contribution in [1.82, 2.24) is 0 Å². The van der Waals surface area contributed by atoms with Crippen LogP contribution in [-0.4, -0.2) is 20.1 Å². The molecule has 13 aromatic rings. The zero-order chi connectivity index (χ0) is 58.3. The van der Waals surface area contributed by atoms with Crippen LogP contribution >= 0.6 is 0 Å². The number of para-hydroxylation sites is 9. The Balaban J connectivity index is 0.876. The van der Waals surface area contributed by atoms with Crippen LogP contribution in [0.3, 0.4) is 0 Å². The van der Waals surface area contributed by atoms with E-state index < -0.39 is 0 Å². The van der Waals surface area contributed by atoms with Crippen molar-refractivity contribution in [3.63, 3.8) is 0 Å². The molecular weight excluding hydrogens is 1090 g/mol. The maximum absolute atomic E-state index is 7.58. The second kappa shape index (κ2) is 19.5. The third-order valence-electron chi connectivity index (χ3n) is 18.6. The largest absolute Gasteiger partial charge is 0.459 e. The molecule has 89 heavy (non-hydrogen) atoms. The molecule has 19 rings (SSSR count). The van der Waals surface area contributed by atoms with Gasteiger partial charge in [-0.05, 0) is 141 Å². The van der Waals surface area contributed by atoms with Gasteiger partial charge in [0.1, 0.15) is 46.0 Å². The lowest BCUT2D eigenvalue weighted by Crippen LogP contribution is -2.65. The van der Waals surface area contributed by atoms with Crippen molar-refractivity contribution >= 4 is 138 Å². The van der Waals surface area contributed by atoms with Crippen molar-refractivity contribution in [3.8, 4) is 46.0 Å². The standard InChI is InChI=1S/C78H49B3N4O4/c1-7-25-50(26-8-1)82(51-27-9-2-10-28-51)56-43-65-74-70(44-56)86-67-40-22-19-37-58(67)79(74)61-47-62-64(48-63(61)84(65)54-33-15-5-16-34-54)85(55-35-17-6-18-36-55)66-49-73-77(78-75(66)80(62)59-38-20-24-42-69(59)89-78)81-60-39-21-23-41-68(60)87-71-45-57(46-72(88-73)76(71)81)83(52-29-11-3-12-30-52)53-31-13-4-14-32-53/h1-49H. The molecule has 0 radical (unpaired) electrons. The van der Waals surface area contributed by atoms with Crippen molar-refractivity contribution in [1.29, 1.82) is 0 Å². The van der Waals surface area contributed by atoms with Gasteiger partial charge >= 0.3 is 0 Å². The Bertz CT molecular complexity index is 4950. The van der Waals surface area contributed by atoms with Gasteiger partial charge in [0, 0.05) is 92.1 Å². The smallest absolute Gasteiger partial charge is 0.265 e. The molecule has 0 unspecified atom stereocenters. The fraction of sp³-hybridized carbons (Fsp3) is 0. The summed E-state index contributed by atoms with van der Waals surface area (Å²) in [7, 11) is 0. The van der Waals surface area contributed by atoms with E-state index in [1.165, 1.54) is 10.9 Å². The first-order valence-electron chi connectivity index (χ1n) is 30.4. The van der Waals surface area contributed by atoms with Gasteiger partial charge in [-0.25, -0.2) is 0 Å². The molecular formula is C78H49B3N4O4. The lowest BCUT2D eigenvalue weighted by Gasteiger charge is -2.45. The molecule has 0 atom stereocenters. The first kappa shape index (κ1) is 49.7. The van der Waals surface area contributed by atoms with Crippen LogP contribution in [0.4, 0.5) is 68.2 Å². The average Bonchev–Trinajstić information content (AvgIpc) is 0.707. The highest BCUT2D eigenvalue weighted by molar-refractivity contribution is 7.04. The Labute approximate surface area is 516 Å². The van der Waals surface area contributed by atoms with E-state index in [-0.39, 0.29) is 20.1 Å². The molecule has 0 fully saturated rings. The molecule has 0 saturated carbocycles. The number of benzene rings is 13. The molecule has 0 spiro atoms. The van der Waals surface area contributed by atoms with E-state index in [0.29, 0.717) is 0 Å². The fourth-order valence-electron chi connectivity index (χ4n) is 15.0. The minimum Gasteiger partial charge on any atom is -0.459 e. The van der Waals surface area contributed by atoms with Crippen LogP contribution in [0.25, 0.3) is 0 Å². The fourth-order valence-corrected chi connectivity index (χ4v) is 15.0. The van der Waals surface area contributed by atoms with Gasteiger partial charge in [-0.1, -0.05) is 170 Å². The maximum atomic E-state index is 7.58. The van der Waals surface area contributed by atoms with Crippen LogP contribution < -0.4 is 87.7 Å². The topological polar surface area (TPSA) is 49.9 Å².